The van der Waals surface area contributed by atoms with Crippen molar-refractivity contribution in [3.8, 4) is 5.88 Å². The molecule has 1 N–H and O–H groups in total. The predicted molar refractivity (Wildman–Crippen MR) is 96.8 cm³/mol. The van der Waals surface area contributed by atoms with Gasteiger partial charge in [0.05, 0.1) is 31.1 Å². The third kappa shape index (κ3) is 6.08. The fourth-order valence-electron chi connectivity index (χ4n) is 1.79. The molecule has 0 fully saturated rings. The van der Waals surface area contributed by atoms with Crippen molar-refractivity contribution in [1.29, 1.82) is 0 Å². The average Bonchev–Trinajstić information content (AvgIpc) is 3.06. The number of hydrogen-bond acceptors (Lipinski definition) is 8. The normalized spacial score (nSPS) is 11.1. The second-order valence-electron chi connectivity index (χ2n) is 6.17. The molecule has 0 bridgehead atoms. The predicted octanol–water partition coefficient (Wildman–Crippen LogP) is 2.77. The number of carbonyl (C=O) groups excluding carboxylic acids is 2. The molecule has 1 amide bonds. The topological polar surface area (TPSA) is 99.6 Å². The van der Waals surface area contributed by atoms with Crippen molar-refractivity contribution in [1.82, 2.24) is 9.97 Å². The standard InChI is InChI=1S/C17H21N3O5S/c1-17(2,3)25-8-7-24-13-6-5-11(9-18-13)14(21)20-16-19-10-12(26-16)15(22)23-4/h5-6,9-10H,7-8H2,1-4H3,(H,19,20,21). The van der Waals surface area contributed by atoms with Crippen molar-refractivity contribution in [2.75, 3.05) is 25.6 Å². The Bertz CT molecular complexity index is 753. The van der Waals surface area contributed by atoms with Crippen LogP contribution in [0.4, 0.5) is 5.13 Å². The molecule has 26 heavy (non-hydrogen) atoms. The average molecular weight is 379 g/mol. The molecule has 0 aliphatic carbocycles. The van der Waals surface area contributed by atoms with Crippen LogP contribution >= 0.6 is 11.3 Å². The maximum Gasteiger partial charge on any atom is 0.349 e. The van der Waals surface area contributed by atoms with Crippen LogP contribution in [0.2, 0.25) is 0 Å². The first-order valence-electron chi connectivity index (χ1n) is 7.87. The number of carbonyl (C=O) groups is 2. The van der Waals surface area contributed by atoms with Gasteiger partial charge in [0, 0.05) is 12.3 Å². The molecule has 9 heteroatoms. The summed E-state index contributed by atoms with van der Waals surface area (Å²) in [5.74, 6) is -0.478. The molecule has 0 atom stereocenters. The van der Waals surface area contributed by atoms with Crippen LogP contribution in [0.1, 0.15) is 40.8 Å². The molecule has 0 radical (unpaired) electrons. The number of hydrogen-bond donors (Lipinski definition) is 1. The molecule has 0 aliphatic rings. The smallest absolute Gasteiger partial charge is 0.349 e. The number of ether oxygens (including phenoxy) is 3. The fourth-order valence-corrected chi connectivity index (χ4v) is 2.52. The Morgan fingerprint density at radius 2 is 1.92 bits per heavy atom. The minimum absolute atomic E-state index is 0.220. The van der Waals surface area contributed by atoms with Gasteiger partial charge in [-0.15, -0.1) is 0 Å². The zero-order valence-corrected chi connectivity index (χ0v) is 15.9. The number of esters is 1. The summed E-state index contributed by atoms with van der Waals surface area (Å²) in [7, 11) is 1.28. The zero-order chi connectivity index (χ0) is 19.2. The maximum atomic E-state index is 12.2. The maximum absolute atomic E-state index is 12.2. The van der Waals surface area contributed by atoms with Gasteiger partial charge in [0.25, 0.3) is 5.91 Å². The van der Waals surface area contributed by atoms with Crippen molar-refractivity contribution in [2.45, 2.75) is 26.4 Å². The Hall–Kier alpha value is -2.52. The van der Waals surface area contributed by atoms with Gasteiger partial charge in [-0.3, -0.25) is 10.1 Å². The van der Waals surface area contributed by atoms with Crippen molar-refractivity contribution in [3.05, 3.63) is 35.0 Å². The summed E-state index contributed by atoms with van der Waals surface area (Å²) < 4.78 is 15.6. The van der Waals surface area contributed by atoms with Crippen LogP contribution in [0.25, 0.3) is 0 Å². The molecule has 8 nitrogen and oxygen atoms in total. The quantitative estimate of drug-likeness (QED) is 0.583. The molecule has 0 aliphatic heterocycles. The minimum Gasteiger partial charge on any atom is -0.475 e. The summed E-state index contributed by atoms with van der Waals surface area (Å²) in [6.45, 7) is 6.71. The number of pyridine rings is 1. The van der Waals surface area contributed by atoms with Gasteiger partial charge in [-0.05, 0) is 26.8 Å². The van der Waals surface area contributed by atoms with Crippen LogP contribution in [-0.2, 0) is 9.47 Å². The van der Waals surface area contributed by atoms with E-state index >= 15 is 0 Å². The van der Waals surface area contributed by atoms with E-state index in [2.05, 4.69) is 20.0 Å². The molecular formula is C17H21N3O5S. The van der Waals surface area contributed by atoms with E-state index in [1.54, 1.807) is 12.1 Å². The van der Waals surface area contributed by atoms with Crippen molar-refractivity contribution in [2.24, 2.45) is 0 Å². The van der Waals surface area contributed by atoms with E-state index in [4.69, 9.17) is 9.47 Å². The number of methoxy groups -OCH3 is 1. The van der Waals surface area contributed by atoms with E-state index in [1.165, 1.54) is 19.5 Å². The van der Waals surface area contributed by atoms with Crippen LogP contribution in [0.5, 0.6) is 5.88 Å². The van der Waals surface area contributed by atoms with Crippen LogP contribution in [-0.4, -0.2) is 47.8 Å². The summed E-state index contributed by atoms with van der Waals surface area (Å²) in [4.78, 5) is 31.9. The lowest BCUT2D eigenvalue weighted by atomic mass is 10.2. The number of aromatic nitrogens is 2. The highest BCUT2D eigenvalue weighted by Crippen LogP contribution is 2.19. The highest BCUT2D eigenvalue weighted by Gasteiger charge is 2.14. The molecule has 0 aromatic carbocycles. The highest BCUT2D eigenvalue weighted by atomic mass is 32.1. The lowest BCUT2D eigenvalue weighted by molar-refractivity contribution is -0.0168. The largest absolute Gasteiger partial charge is 0.475 e. The van der Waals surface area contributed by atoms with Gasteiger partial charge < -0.3 is 14.2 Å². The van der Waals surface area contributed by atoms with Gasteiger partial charge in [0.2, 0.25) is 5.88 Å². The first kappa shape index (κ1) is 19.8. The first-order chi connectivity index (χ1) is 12.3. The van der Waals surface area contributed by atoms with Gasteiger partial charge in [-0.1, -0.05) is 11.3 Å². The van der Waals surface area contributed by atoms with Crippen LogP contribution in [0, 0.1) is 0 Å². The minimum atomic E-state index is -0.499. The molecule has 140 valence electrons. The van der Waals surface area contributed by atoms with Crippen LogP contribution in [0.15, 0.2) is 24.5 Å². The number of amides is 1. The molecule has 2 rings (SSSR count). The number of rotatable bonds is 7. The number of anilines is 1. The molecule has 2 aromatic heterocycles. The Labute approximate surface area is 155 Å². The highest BCUT2D eigenvalue weighted by molar-refractivity contribution is 7.17. The zero-order valence-electron chi connectivity index (χ0n) is 15.1. The Morgan fingerprint density at radius 1 is 1.15 bits per heavy atom. The Balaban J connectivity index is 1.86. The van der Waals surface area contributed by atoms with Gasteiger partial charge in [-0.25, -0.2) is 14.8 Å². The molecule has 0 unspecified atom stereocenters. The van der Waals surface area contributed by atoms with E-state index in [9.17, 15) is 9.59 Å². The monoisotopic (exact) mass is 379 g/mol. The van der Waals surface area contributed by atoms with E-state index < -0.39 is 5.97 Å². The summed E-state index contributed by atoms with van der Waals surface area (Å²) in [5.41, 5.74) is 0.126. The second kappa shape index (κ2) is 8.72. The molecule has 0 saturated carbocycles. The van der Waals surface area contributed by atoms with Crippen molar-refractivity contribution in [3.63, 3.8) is 0 Å². The lowest BCUT2D eigenvalue weighted by Gasteiger charge is -2.19. The Morgan fingerprint density at radius 3 is 2.54 bits per heavy atom. The number of nitrogens with zero attached hydrogens (tertiary/aromatic N) is 2. The summed E-state index contributed by atoms with van der Waals surface area (Å²) in [6, 6.07) is 3.20. The summed E-state index contributed by atoms with van der Waals surface area (Å²) in [6.07, 6.45) is 2.76. The SMILES string of the molecule is COC(=O)c1cnc(NC(=O)c2ccc(OCCOC(C)(C)C)nc2)s1. The van der Waals surface area contributed by atoms with Gasteiger partial charge in [0.1, 0.15) is 11.5 Å². The van der Waals surface area contributed by atoms with Crippen LogP contribution in [0.3, 0.4) is 0 Å². The molecule has 2 aromatic rings. The van der Waals surface area contributed by atoms with Crippen molar-refractivity contribution >= 4 is 28.3 Å². The van der Waals surface area contributed by atoms with E-state index in [0.717, 1.165) is 11.3 Å². The second-order valence-corrected chi connectivity index (χ2v) is 7.20. The molecule has 2 heterocycles. The van der Waals surface area contributed by atoms with E-state index in [1.807, 2.05) is 20.8 Å². The molecule has 0 spiro atoms. The third-order valence-corrected chi connectivity index (χ3v) is 3.87. The number of thiazole rings is 1. The van der Waals surface area contributed by atoms with Crippen LogP contribution < -0.4 is 10.1 Å². The third-order valence-electron chi connectivity index (χ3n) is 2.98. The number of nitrogens with one attached hydrogen (secondary N) is 1. The summed E-state index contributed by atoms with van der Waals surface area (Å²) >= 11 is 1.03. The molecular weight excluding hydrogens is 358 g/mol. The van der Waals surface area contributed by atoms with Gasteiger partial charge in [0.15, 0.2) is 5.13 Å². The van der Waals surface area contributed by atoms with Crippen molar-refractivity contribution < 1.29 is 23.8 Å². The summed E-state index contributed by atoms with van der Waals surface area (Å²) in [5, 5.41) is 2.91. The van der Waals surface area contributed by atoms with E-state index in [0.29, 0.717) is 34.7 Å². The van der Waals surface area contributed by atoms with Gasteiger partial charge in [-0.2, -0.15) is 0 Å². The van der Waals surface area contributed by atoms with Gasteiger partial charge >= 0.3 is 5.97 Å². The van der Waals surface area contributed by atoms with E-state index in [-0.39, 0.29) is 11.5 Å². The fraction of sp³-hybridized carbons (Fsp3) is 0.412. The lowest BCUT2D eigenvalue weighted by Crippen LogP contribution is -2.22. The first-order valence-corrected chi connectivity index (χ1v) is 8.68. The Kier molecular flexibility index (Phi) is 6.64. The molecule has 0 saturated heterocycles.